The number of nitrogen functional groups attached to an aromatic ring is 1. The van der Waals surface area contributed by atoms with Crippen LogP contribution in [-0.2, 0) is 11.3 Å². The van der Waals surface area contributed by atoms with Gasteiger partial charge < -0.3 is 10.7 Å². The number of benzene rings is 1. The SMILES string of the molecule is CN(Cc1ccc(F)cc1)C(=O)CSc1nnc(C2CCCCC2)n1N. The minimum atomic E-state index is -0.283. The minimum Gasteiger partial charge on any atom is -0.341 e. The summed E-state index contributed by atoms with van der Waals surface area (Å²) in [6.45, 7) is 0.433. The molecule has 3 rings (SSSR count). The second kappa shape index (κ2) is 8.53. The fourth-order valence-corrected chi connectivity index (χ4v) is 4.02. The van der Waals surface area contributed by atoms with Crippen LogP contribution in [0.25, 0.3) is 0 Å². The van der Waals surface area contributed by atoms with Gasteiger partial charge in [-0.25, -0.2) is 9.07 Å². The predicted octanol–water partition coefficient (Wildman–Crippen LogP) is 2.93. The molecule has 2 aromatic rings. The van der Waals surface area contributed by atoms with E-state index in [9.17, 15) is 9.18 Å². The molecule has 0 spiro atoms. The maximum Gasteiger partial charge on any atom is 0.233 e. The predicted molar refractivity (Wildman–Crippen MR) is 99.6 cm³/mol. The van der Waals surface area contributed by atoms with E-state index >= 15 is 0 Å². The Morgan fingerprint density at radius 3 is 2.65 bits per heavy atom. The van der Waals surface area contributed by atoms with E-state index < -0.39 is 0 Å². The lowest BCUT2D eigenvalue weighted by Gasteiger charge is -2.20. The van der Waals surface area contributed by atoms with E-state index in [4.69, 9.17) is 5.84 Å². The van der Waals surface area contributed by atoms with Crippen molar-refractivity contribution < 1.29 is 9.18 Å². The van der Waals surface area contributed by atoms with Crippen molar-refractivity contribution >= 4 is 17.7 Å². The van der Waals surface area contributed by atoms with E-state index in [2.05, 4.69) is 10.2 Å². The average Bonchev–Trinajstić information content (AvgIpc) is 3.03. The van der Waals surface area contributed by atoms with Crippen LogP contribution in [0.1, 0.15) is 49.4 Å². The van der Waals surface area contributed by atoms with Gasteiger partial charge in [0.2, 0.25) is 11.1 Å². The van der Waals surface area contributed by atoms with Crippen molar-refractivity contribution in [3.63, 3.8) is 0 Å². The Morgan fingerprint density at radius 1 is 1.27 bits per heavy atom. The molecule has 8 heteroatoms. The number of hydrogen-bond donors (Lipinski definition) is 1. The number of aromatic nitrogens is 3. The van der Waals surface area contributed by atoms with Crippen molar-refractivity contribution in [2.24, 2.45) is 0 Å². The maximum absolute atomic E-state index is 13.0. The number of nitrogens with zero attached hydrogens (tertiary/aromatic N) is 4. The number of hydrogen-bond acceptors (Lipinski definition) is 5. The van der Waals surface area contributed by atoms with Crippen LogP contribution in [0.5, 0.6) is 0 Å². The summed E-state index contributed by atoms with van der Waals surface area (Å²) in [7, 11) is 1.73. The van der Waals surface area contributed by atoms with Crippen molar-refractivity contribution in [1.29, 1.82) is 0 Å². The van der Waals surface area contributed by atoms with Crippen LogP contribution in [0, 0.1) is 5.82 Å². The van der Waals surface area contributed by atoms with Crippen molar-refractivity contribution in [2.45, 2.75) is 49.7 Å². The molecule has 1 aliphatic rings. The molecule has 6 nitrogen and oxygen atoms in total. The largest absolute Gasteiger partial charge is 0.341 e. The summed E-state index contributed by atoms with van der Waals surface area (Å²) in [6, 6.07) is 6.15. The van der Waals surface area contributed by atoms with Gasteiger partial charge in [-0.05, 0) is 30.5 Å². The summed E-state index contributed by atoms with van der Waals surface area (Å²) < 4.78 is 14.5. The van der Waals surface area contributed by atoms with Crippen LogP contribution in [0.3, 0.4) is 0 Å². The molecule has 1 aliphatic carbocycles. The molecule has 0 unspecified atom stereocenters. The molecule has 1 aromatic carbocycles. The van der Waals surface area contributed by atoms with E-state index in [1.54, 1.807) is 24.1 Å². The molecule has 0 bridgehead atoms. The Hall–Kier alpha value is -2.09. The van der Waals surface area contributed by atoms with Gasteiger partial charge in [0.25, 0.3) is 0 Å². The number of carbonyl (C=O) groups excluding carboxylic acids is 1. The fraction of sp³-hybridized carbons (Fsp3) is 0.500. The highest BCUT2D eigenvalue weighted by atomic mass is 32.2. The van der Waals surface area contributed by atoms with Gasteiger partial charge in [-0.2, -0.15) is 0 Å². The number of nitrogens with two attached hydrogens (primary N) is 1. The van der Waals surface area contributed by atoms with Gasteiger partial charge in [-0.15, -0.1) is 10.2 Å². The maximum atomic E-state index is 13.0. The van der Waals surface area contributed by atoms with Gasteiger partial charge in [0.15, 0.2) is 5.82 Å². The fourth-order valence-electron chi connectivity index (χ4n) is 3.21. The first kappa shape index (κ1) is 18.7. The lowest BCUT2D eigenvalue weighted by atomic mass is 9.89. The van der Waals surface area contributed by atoms with Gasteiger partial charge in [-0.3, -0.25) is 4.79 Å². The summed E-state index contributed by atoms with van der Waals surface area (Å²) in [5.41, 5.74) is 0.883. The van der Waals surface area contributed by atoms with Gasteiger partial charge in [0.05, 0.1) is 5.75 Å². The summed E-state index contributed by atoms with van der Waals surface area (Å²) >= 11 is 1.29. The highest BCUT2D eigenvalue weighted by Gasteiger charge is 2.23. The van der Waals surface area contributed by atoms with E-state index in [0.717, 1.165) is 24.2 Å². The molecule has 1 fully saturated rings. The Bertz CT molecular complexity index is 743. The monoisotopic (exact) mass is 377 g/mol. The molecule has 1 aromatic heterocycles. The van der Waals surface area contributed by atoms with Crippen molar-refractivity contribution in [3.05, 3.63) is 41.5 Å². The van der Waals surface area contributed by atoms with Crippen LogP contribution in [0.15, 0.2) is 29.4 Å². The molecule has 1 heterocycles. The summed E-state index contributed by atoms with van der Waals surface area (Å²) in [5.74, 6) is 7.24. The van der Waals surface area contributed by atoms with Crippen LogP contribution in [0.2, 0.25) is 0 Å². The normalized spacial score (nSPS) is 15.2. The topological polar surface area (TPSA) is 77.0 Å². The number of rotatable bonds is 6. The van der Waals surface area contributed by atoms with Gasteiger partial charge in [0, 0.05) is 19.5 Å². The molecule has 2 N–H and O–H groups in total. The molecule has 26 heavy (non-hydrogen) atoms. The van der Waals surface area contributed by atoms with Crippen molar-refractivity contribution in [2.75, 3.05) is 18.6 Å². The molecule has 1 saturated carbocycles. The number of carbonyl (C=O) groups is 1. The third kappa shape index (κ3) is 4.55. The molecule has 0 saturated heterocycles. The second-order valence-electron chi connectivity index (χ2n) is 6.71. The standard InChI is InChI=1S/C18H24FN5OS/c1-23(11-13-7-9-15(19)10-8-13)16(25)12-26-18-22-21-17(24(18)20)14-5-3-2-4-6-14/h7-10,14H,2-6,11-12,20H2,1H3. The van der Waals surface area contributed by atoms with E-state index in [1.807, 2.05) is 0 Å². The first-order valence-corrected chi connectivity index (χ1v) is 9.84. The molecule has 0 radical (unpaired) electrons. The zero-order valence-corrected chi connectivity index (χ0v) is 15.7. The molecule has 140 valence electrons. The summed E-state index contributed by atoms with van der Waals surface area (Å²) in [4.78, 5) is 14.0. The van der Waals surface area contributed by atoms with E-state index in [1.165, 1.54) is 47.8 Å². The number of amides is 1. The van der Waals surface area contributed by atoms with Crippen LogP contribution in [0.4, 0.5) is 4.39 Å². The van der Waals surface area contributed by atoms with Crippen LogP contribution in [-0.4, -0.2) is 38.5 Å². The van der Waals surface area contributed by atoms with Crippen LogP contribution < -0.4 is 5.84 Å². The number of thioether (sulfide) groups is 1. The molecule has 0 atom stereocenters. The number of halogens is 1. The Morgan fingerprint density at radius 2 is 1.96 bits per heavy atom. The summed E-state index contributed by atoms with van der Waals surface area (Å²) in [6.07, 6.45) is 5.86. The first-order chi connectivity index (χ1) is 12.5. The zero-order chi connectivity index (χ0) is 18.5. The highest BCUT2D eigenvalue weighted by Crippen LogP contribution is 2.32. The quantitative estimate of drug-likeness (QED) is 0.619. The molecule has 0 aliphatic heterocycles. The molecular weight excluding hydrogens is 353 g/mol. The van der Waals surface area contributed by atoms with Crippen molar-refractivity contribution in [1.82, 2.24) is 19.8 Å². The Balaban J connectivity index is 1.54. The summed E-state index contributed by atoms with van der Waals surface area (Å²) in [5, 5.41) is 8.96. The zero-order valence-electron chi connectivity index (χ0n) is 14.9. The van der Waals surface area contributed by atoms with E-state index in [-0.39, 0.29) is 17.5 Å². The Labute approximate surface area is 156 Å². The third-order valence-electron chi connectivity index (χ3n) is 4.74. The average molecular weight is 377 g/mol. The van der Waals surface area contributed by atoms with Gasteiger partial charge in [-0.1, -0.05) is 43.2 Å². The third-order valence-corrected chi connectivity index (χ3v) is 5.67. The van der Waals surface area contributed by atoms with Crippen LogP contribution >= 0.6 is 11.8 Å². The Kier molecular flexibility index (Phi) is 6.13. The van der Waals surface area contributed by atoms with Crippen molar-refractivity contribution in [3.8, 4) is 0 Å². The lowest BCUT2D eigenvalue weighted by Crippen LogP contribution is -2.28. The van der Waals surface area contributed by atoms with E-state index in [0.29, 0.717) is 17.6 Å². The highest BCUT2D eigenvalue weighted by molar-refractivity contribution is 7.99. The molecule has 1 amide bonds. The first-order valence-electron chi connectivity index (χ1n) is 8.86. The molecular formula is C18H24FN5OS. The van der Waals surface area contributed by atoms with Gasteiger partial charge in [0.1, 0.15) is 5.82 Å². The van der Waals surface area contributed by atoms with Gasteiger partial charge >= 0.3 is 0 Å². The second-order valence-corrected chi connectivity index (χ2v) is 7.65. The minimum absolute atomic E-state index is 0.0402. The smallest absolute Gasteiger partial charge is 0.233 e. The lowest BCUT2D eigenvalue weighted by molar-refractivity contribution is -0.127.